The molecule has 20 heavy (non-hydrogen) atoms. The van der Waals surface area contributed by atoms with Crippen molar-refractivity contribution in [1.29, 1.82) is 0 Å². The third kappa shape index (κ3) is 5.20. The van der Waals surface area contributed by atoms with E-state index in [2.05, 4.69) is 4.90 Å². The zero-order chi connectivity index (χ0) is 14.6. The van der Waals surface area contributed by atoms with Gasteiger partial charge in [-0.3, -0.25) is 9.69 Å². The summed E-state index contributed by atoms with van der Waals surface area (Å²) < 4.78 is 27.4. The van der Waals surface area contributed by atoms with Crippen LogP contribution in [0.2, 0.25) is 0 Å². The van der Waals surface area contributed by atoms with Crippen molar-refractivity contribution in [1.82, 2.24) is 9.80 Å². The minimum atomic E-state index is -3.52. The average molecular weight is 325 g/mol. The van der Waals surface area contributed by atoms with Gasteiger partial charge in [-0.2, -0.15) is 0 Å². The molecule has 2 saturated heterocycles. The van der Waals surface area contributed by atoms with Crippen molar-refractivity contribution >= 4 is 25.6 Å². The third-order valence-electron chi connectivity index (χ3n) is 3.74. The standard InChI is InChI=1S/C12H21ClN2O4S/c13-20(17,18)10-11-8-12(16)15(9-11)3-1-2-14-4-6-19-7-5-14/h11H,1-10H2. The number of halogens is 1. The van der Waals surface area contributed by atoms with Gasteiger partial charge < -0.3 is 9.64 Å². The summed E-state index contributed by atoms with van der Waals surface area (Å²) >= 11 is 0. The molecule has 2 aliphatic heterocycles. The molecule has 2 fully saturated rings. The summed E-state index contributed by atoms with van der Waals surface area (Å²) in [6.45, 7) is 5.59. The summed E-state index contributed by atoms with van der Waals surface area (Å²) in [5, 5.41) is 0. The fourth-order valence-corrected chi connectivity index (χ4v) is 4.09. The Morgan fingerprint density at radius 1 is 1.25 bits per heavy atom. The van der Waals surface area contributed by atoms with Crippen LogP contribution in [0.4, 0.5) is 0 Å². The van der Waals surface area contributed by atoms with E-state index in [4.69, 9.17) is 15.4 Å². The van der Waals surface area contributed by atoms with Crippen LogP contribution in [0.1, 0.15) is 12.8 Å². The Morgan fingerprint density at radius 3 is 2.60 bits per heavy atom. The first-order chi connectivity index (χ1) is 9.44. The molecule has 2 aliphatic rings. The molecule has 0 bridgehead atoms. The maximum atomic E-state index is 11.8. The lowest BCUT2D eigenvalue weighted by Crippen LogP contribution is -2.38. The number of ether oxygens (including phenoxy) is 1. The molecule has 0 radical (unpaired) electrons. The van der Waals surface area contributed by atoms with Gasteiger partial charge >= 0.3 is 0 Å². The van der Waals surface area contributed by atoms with E-state index in [0.29, 0.717) is 19.5 Å². The van der Waals surface area contributed by atoms with Gasteiger partial charge in [0.25, 0.3) is 0 Å². The van der Waals surface area contributed by atoms with E-state index >= 15 is 0 Å². The van der Waals surface area contributed by atoms with E-state index in [1.54, 1.807) is 4.90 Å². The van der Waals surface area contributed by atoms with Gasteiger partial charge in [0.2, 0.25) is 15.0 Å². The first-order valence-corrected chi connectivity index (χ1v) is 9.42. The summed E-state index contributed by atoms with van der Waals surface area (Å²) in [6, 6.07) is 0. The first-order valence-electron chi connectivity index (χ1n) is 6.94. The van der Waals surface area contributed by atoms with Gasteiger partial charge in [-0.25, -0.2) is 8.42 Å². The molecule has 0 aliphatic carbocycles. The summed E-state index contributed by atoms with van der Waals surface area (Å²) in [4.78, 5) is 15.9. The highest BCUT2D eigenvalue weighted by atomic mass is 35.7. The number of hydrogen-bond donors (Lipinski definition) is 0. The Hall–Kier alpha value is -0.370. The van der Waals surface area contributed by atoms with Crippen LogP contribution in [0.5, 0.6) is 0 Å². The number of likely N-dealkylation sites (tertiary alicyclic amines) is 1. The van der Waals surface area contributed by atoms with E-state index in [0.717, 1.165) is 39.3 Å². The van der Waals surface area contributed by atoms with Crippen molar-refractivity contribution in [2.75, 3.05) is 51.7 Å². The van der Waals surface area contributed by atoms with Crippen molar-refractivity contribution in [3.8, 4) is 0 Å². The molecular weight excluding hydrogens is 304 g/mol. The molecule has 0 N–H and O–H groups in total. The van der Waals surface area contributed by atoms with Crippen LogP contribution in [0.25, 0.3) is 0 Å². The molecule has 0 aromatic heterocycles. The minimum absolute atomic E-state index is 0.0392. The van der Waals surface area contributed by atoms with Gasteiger partial charge in [0.05, 0.1) is 19.0 Å². The molecular formula is C12H21ClN2O4S. The topological polar surface area (TPSA) is 66.9 Å². The van der Waals surface area contributed by atoms with Crippen molar-refractivity contribution < 1.29 is 17.9 Å². The SMILES string of the molecule is O=C1CC(CS(=O)(=O)Cl)CN1CCCN1CCOCC1. The predicted octanol–water partition coefficient (Wildman–Crippen LogP) is 0.126. The third-order valence-corrected chi connectivity index (χ3v) is 4.98. The smallest absolute Gasteiger partial charge is 0.232 e. The van der Waals surface area contributed by atoms with E-state index in [-0.39, 0.29) is 17.6 Å². The van der Waals surface area contributed by atoms with Crippen LogP contribution in [-0.2, 0) is 18.6 Å². The van der Waals surface area contributed by atoms with Gasteiger partial charge in [-0.05, 0) is 6.42 Å². The van der Waals surface area contributed by atoms with Crippen LogP contribution in [0.3, 0.4) is 0 Å². The maximum Gasteiger partial charge on any atom is 0.232 e. The largest absolute Gasteiger partial charge is 0.379 e. The lowest BCUT2D eigenvalue weighted by molar-refractivity contribution is -0.127. The molecule has 6 nitrogen and oxygen atoms in total. The Balaban J connectivity index is 1.69. The summed E-state index contributed by atoms with van der Waals surface area (Å²) in [6.07, 6.45) is 1.20. The van der Waals surface area contributed by atoms with Crippen molar-refractivity contribution in [3.05, 3.63) is 0 Å². The maximum absolute atomic E-state index is 11.8. The van der Waals surface area contributed by atoms with Crippen LogP contribution < -0.4 is 0 Å². The van der Waals surface area contributed by atoms with Crippen molar-refractivity contribution in [3.63, 3.8) is 0 Å². The van der Waals surface area contributed by atoms with Crippen molar-refractivity contribution in [2.24, 2.45) is 5.92 Å². The second-order valence-corrected chi connectivity index (χ2v) is 8.24. The van der Waals surface area contributed by atoms with Crippen LogP contribution in [-0.4, -0.2) is 75.8 Å². The van der Waals surface area contributed by atoms with E-state index in [1.165, 1.54) is 0 Å². The molecule has 2 heterocycles. The lowest BCUT2D eigenvalue weighted by atomic mass is 10.1. The van der Waals surface area contributed by atoms with Gasteiger partial charge in [0.15, 0.2) is 0 Å². The highest BCUT2D eigenvalue weighted by molar-refractivity contribution is 8.13. The van der Waals surface area contributed by atoms with Crippen LogP contribution in [0.15, 0.2) is 0 Å². The summed E-state index contributed by atoms with van der Waals surface area (Å²) in [5.41, 5.74) is 0. The van der Waals surface area contributed by atoms with Gasteiger partial charge in [-0.1, -0.05) is 0 Å². The number of rotatable bonds is 6. The Bertz CT molecular complexity index is 437. The van der Waals surface area contributed by atoms with Crippen LogP contribution >= 0.6 is 10.7 Å². The first kappa shape index (κ1) is 16.0. The van der Waals surface area contributed by atoms with Crippen LogP contribution in [0, 0.1) is 5.92 Å². The molecule has 1 amide bonds. The molecule has 1 unspecified atom stereocenters. The number of amides is 1. The number of morpholine rings is 1. The summed E-state index contributed by atoms with van der Waals surface area (Å²) in [5.74, 6) is -0.231. The van der Waals surface area contributed by atoms with E-state index < -0.39 is 9.05 Å². The monoisotopic (exact) mass is 324 g/mol. The number of carbonyl (C=O) groups excluding carboxylic acids is 1. The molecule has 1 atom stereocenters. The predicted molar refractivity (Wildman–Crippen MR) is 76.2 cm³/mol. The highest BCUT2D eigenvalue weighted by Crippen LogP contribution is 2.21. The van der Waals surface area contributed by atoms with E-state index in [9.17, 15) is 13.2 Å². The average Bonchev–Trinajstić information content (AvgIpc) is 2.68. The van der Waals surface area contributed by atoms with Gasteiger partial charge in [0.1, 0.15) is 0 Å². The zero-order valence-corrected chi connectivity index (χ0v) is 13.0. The molecule has 0 spiro atoms. The van der Waals surface area contributed by atoms with Gasteiger partial charge in [0, 0.05) is 55.7 Å². The normalized spacial score (nSPS) is 25.4. The molecule has 0 aromatic carbocycles. The van der Waals surface area contributed by atoms with Gasteiger partial charge in [-0.15, -0.1) is 0 Å². The second kappa shape index (κ2) is 7.06. The molecule has 0 saturated carbocycles. The minimum Gasteiger partial charge on any atom is -0.379 e. The summed E-state index contributed by atoms with van der Waals surface area (Å²) in [7, 11) is 1.72. The number of hydrogen-bond acceptors (Lipinski definition) is 5. The molecule has 0 aromatic rings. The fraction of sp³-hybridized carbons (Fsp3) is 0.917. The fourth-order valence-electron chi connectivity index (χ4n) is 2.77. The number of nitrogens with zero attached hydrogens (tertiary/aromatic N) is 2. The lowest BCUT2D eigenvalue weighted by Gasteiger charge is -2.27. The van der Waals surface area contributed by atoms with E-state index in [1.807, 2.05) is 0 Å². The molecule has 116 valence electrons. The second-order valence-electron chi connectivity index (χ2n) is 5.42. The highest BCUT2D eigenvalue weighted by Gasteiger charge is 2.31. The molecule has 2 rings (SSSR count). The Kier molecular flexibility index (Phi) is 5.65. The Morgan fingerprint density at radius 2 is 1.95 bits per heavy atom. The Labute approximate surface area is 124 Å². The number of carbonyl (C=O) groups is 1. The van der Waals surface area contributed by atoms with Crippen molar-refractivity contribution in [2.45, 2.75) is 12.8 Å². The zero-order valence-electron chi connectivity index (χ0n) is 11.5. The molecule has 8 heteroatoms. The quantitative estimate of drug-likeness (QED) is 0.650.